The summed E-state index contributed by atoms with van der Waals surface area (Å²) in [5, 5.41) is 4.80. The largest absolute Gasteiger partial charge is 0.378 e. The molecule has 4 rings (SSSR count). The molecule has 1 aliphatic carbocycles. The zero-order chi connectivity index (χ0) is 16.8. The monoisotopic (exact) mass is 357 g/mol. The molecule has 0 spiro atoms. The fourth-order valence-corrected chi connectivity index (χ4v) is 4.16. The smallest absolute Gasteiger partial charge is 0.159 e. The van der Waals surface area contributed by atoms with E-state index < -0.39 is 0 Å². The van der Waals surface area contributed by atoms with Crippen molar-refractivity contribution in [1.29, 1.82) is 0 Å². The van der Waals surface area contributed by atoms with Crippen molar-refractivity contribution in [3.63, 3.8) is 0 Å². The molecule has 2 aromatic carbocycles. The Morgan fingerprint density at radius 2 is 1.96 bits per heavy atom. The molecule has 1 aliphatic heterocycles. The highest BCUT2D eigenvalue weighted by Gasteiger charge is 2.38. The molecule has 2 aliphatic rings. The van der Waals surface area contributed by atoms with Gasteiger partial charge in [0.1, 0.15) is 0 Å². The fraction of sp³-hybridized carbons (Fsp3) is 0.250. The van der Waals surface area contributed by atoms with Gasteiger partial charge in [-0.05, 0) is 60.7 Å². The van der Waals surface area contributed by atoms with Crippen molar-refractivity contribution in [3.8, 4) is 0 Å². The highest BCUT2D eigenvalue weighted by molar-refractivity contribution is 6.42. The van der Waals surface area contributed by atoms with E-state index >= 15 is 0 Å². The molecule has 0 radical (unpaired) electrons. The molecule has 122 valence electrons. The first-order valence-electron chi connectivity index (χ1n) is 8.07. The van der Waals surface area contributed by atoms with E-state index in [9.17, 15) is 4.79 Å². The van der Waals surface area contributed by atoms with Gasteiger partial charge in [-0.25, -0.2) is 0 Å². The molecule has 4 heteroatoms. The number of allylic oxidation sites excluding steroid dienone is 2. The second-order valence-corrected chi connectivity index (χ2v) is 7.32. The summed E-state index contributed by atoms with van der Waals surface area (Å²) >= 11 is 12.3. The van der Waals surface area contributed by atoms with E-state index in [1.807, 2.05) is 36.4 Å². The van der Waals surface area contributed by atoms with Crippen LogP contribution in [-0.2, 0) is 0 Å². The molecule has 0 bridgehead atoms. The SMILES string of the molecule is CC(=O)c1ccc2c(c1)C1C=CCC1C(c1ccc(Cl)c(Cl)c1)N2. The normalized spacial score (nSPS) is 24.2. The first-order chi connectivity index (χ1) is 11.5. The number of halogens is 2. The predicted molar refractivity (Wildman–Crippen MR) is 99.3 cm³/mol. The second-order valence-electron chi connectivity index (χ2n) is 6.51. The summed E-state index contributed by atoms with van der Waals surface area (Å²) in [6.45, 7) is 1.61. The van der Waals surface area contributed by atoms with Crippen LogP contribution in [0.5, 0.6) is 0 Å². The average molecular weight is 358 g/mol. The molecule has 3 atom stereocenters. The molecule has 3 unspecified atom stereocenters. The van der Waals surface area contributed by atoms with Crippen molar-refractivity contribution >= 4 is 34.7 Å². The van der Waals surface area contributed by atoms with Gasteiger partial charge in [0.2, 0.25) is 0 Å². The molecule has 0 aromatic heterocycles. The Hall–Kier alpha value is -1.77. The number of carbonyl (C=O) groups excluding carboxylic acids is 1. The predicted octanol–water partition coefficient (Wildman–Crippen LogP) is 6.02. The van der Waals surface area contributed by atoms with Crippen molar-refractivity contribution < 1.29 is 4.79 Å². The maximum atomic E-state index is 11.7. The van der Waals surface area contributed by atoms with Gasteiger partial charge in [-0.15, -0.1) is 0 Å². The quantitative estimate of drug-likeness (QED) is 0.525. The number of fused-ring (bicyclic) bond motifs is 3. The first-order valence-corrected chi connectivity index (χ1v) is 8.83. The molecule has 0 saturated carbocycles. The molecule has 2 nitrogen and oxygen atoms in total. The van der Waals surface area contributed by atoms with Gasteiger partial charge in [-0.3, -0.25) is 4.79 Å². The van der Waals surface area contributed by atoms with Crippen LogP contribution in [-0.4, -0.2) is 5.78 Å². The second kappa shape index (κ2) is 5.94. The lowest BCUT2D eigenvalue weighted by Gasteiger charge is -2.37. The molecule has 0 fully saturated rings. The van der Waals surface area contributed by atoms with Crippen molar-refractivity contribution in [2.24, 2.45) is 5.92 Å². The molecule has 1 N–H and O–H groups in total. The topological polar surface area (TPSA) is 29.1 Å². The number of carbonyl (C=O) groups is 1. The molecule has 2 aromatic rings. The highest BCUT2D eigenvalue weighted by atomic mass is 35.5. The van der Waals surface area contributed by atoms with Crippen LogP contribution in [0.2, 0.25) is 10.0 Å². The van der Waals surface area contributed by atoms with Gasteiger partial charge in [-0.1, -0.05) is 41.4 Å². The van der Waals surface area contributed by atoms with Gasteiger partial charge < -0.3 is 5.32 Å². The first kappa shape index (κ1) is 15.7. The Balaban J connectivity index is 1.78. The molecule has 1 heterocycles. The van der Waals surface area contributed by atoms with E-state index in [-0.39, 0.29) is 11.8 Å². The van der Waals surface area contributed by atoms with E-state index in [0.717, 1.165) is 23.2 Å². The van der Waals surface area contributed by atoms with Crippen LogP contribution in [0.3, 0.4) is 0 Å². The zero-order valence-corrected chi connectivity index (χ0v) is 14.7. The van der Waals surface area contributed by atoms with Gasteiger partial charge >= 0.3 is 0 Å². The Morgan fingerprint density at radius 1 is 1.12 bits per heavy atom. The van der Waals surface area contributed by atoms with Crippen LogP contribution >= 0.6 is 23.2 Å². The van der Waals surface area contributed by atoms with Crippen LogP contribution in [0.1, 0.15) is 46.8 Å². The summed E-state index contributed by atoms with van der Waals surface area (Å²) in [6, 6.07) is 11.9. The van der Waals surface area contributed by atoms with Crippen LogP contribution in [0.4, 0.5) is 5.69 Å². The lowest BCUT2D eigenvalue weighted by atomic mass is 9.76. The third-order valence-electron chi connectivity index (χ3n) is 5.07. The summed E-state index contributed by atoms with van der Waals surface area (Å²) in [5.41, 5.74) is 4.20. The number of hydrogen-bond donors (Lipinski definition) is 1. The number of anilines is 1. The summed E-state index contributed by atoms with van der Waals surface area (Å²) in [7, 11) is 0. The highest BCUT2D eigenvalue weighted by Crippen LogP contribution is 2.50. The van der Waals surface area contributed by atoms with Crippen molar-refractivity contribution in [2.45, 2.75) is 25.3 Å². The van der Waals surface area contributed by atoms with Crippen LogP contribution in [0.25, 0.3) is 0 Å². The van der Waals surface area contributed by atoms with Gasteiger partial charge in [0.05, 0.1) is 16.1 Å². The van der Waals surface area contributed by atoms with Crippen molar-refractivity contribution in [2.75, 3.05) is 5.32 Å². The Bertz CT molecular complexity index is 859. The summed E-state index contributed by atoms with van der Waals surface area (Å²) in [4.78, 5) is 11.7. The standard InChI is InChI=1S/C20H17Cl2NO/c1-11(24)12-6-8-19-16(9-12)14-3-2-4-15(14)20(23-19)13-5-7-17(21)18(22)10-13/h2-3,5-10,14-15,20,23H,4H2,1H3. The third kappa shape index (κ3) is 2.54. The van der Waals surface area contributed by atoms with E-state index in [2.05, 4.69) is 17.5 Å². The van der Waals surface area contributed by atoms with Crippen molar-refractivity contribution in [3.05, 3.63) is 75.3 Å². The van der Waals surface area contributed by atoms with E-state index in [4.69, 9.17) is 23.2 Å². The average Bonchev–Trinajstić information content (AvgIpc) is 3.06. The lowest BCUT2D eigenvalue weighted by molar-refractivity contribution is 0.101. The van der Waals surface area contributed by atoms with E-state index in [0.29, 0.717) is 21.9 Å². The number of rotatable bonds is 2. The number of ketones is 1. The van der Waals surface area contributed by atoms with Gasteiger partial charge in [0, 0.05) is 17.2 Å². The molecular weight excluding hydrogens is 341 g/mol. The van der Waals surface area contributed by atoms with Crippen LogP contribution < -0.4 is 5.32 Å². The minimum absolute atomic E-state index is 0.0999. The van der Waals surface area contributed by atoms with Gasteiger partial charge in [0.15, 0.2) is 5.78 Å². The maximum Gasteiger partial charge on any atom is 0.159 e. The van der Waals surface area contributed by atoms with Crippen molar-refractivity contribution in [1.82, 2.24) is 0 Å². The lowest BCUT2D eigenvalue weighted by Crippen LogP contribution is -2.29. The molecule has 24 heavy (non-hydrogen) atoms. The number of hydrogen-bond acceptors (Lipinski definition) is 2. The Kier molecular flexibility index (Phi) is 3.90. The van der Waals surface area contributed by atoms with Crippen LogP contribution in [0, 0.1) is 5.92 Å². The Morgan fingerprint density at radius 3 is 2.71 bits per heavy atom. The minimum Gasteiger partial charge on any atom is -0.378 e. The van der Waals surface area contributed by atoms with Crippen LogP contribution in [0.15, 0.2) is 48.6 Å². The zero-order valence-electron chi connectivity index (χ0n) is 13.2. The third-order valence-corrected chi connectivity index (χ3v) is 5.81. The summed E-state index contributed by atoms with van der Waals surface area (Å²) in [6.07, 6.45) is 5.50. The van der Waals surface area contributed by atoms with E-state index in [1.165, 1.54) is 5.56 Å². The number of Topliss-reactive ketones (excluding diaryl/α,β-unsaturated/α-hetero) is 1. The summed E-state index contributed by atoms with van der Waals surface area (Å²) in [5.74, 6) is 0.833. The number of nitrogens with one attached hydrogen (secondary N) is 1. The minimum atomic E-state index is 0.0999. The van der Waals surface area contributed by atoms with Gasteiger partial charge in [-0.2, -0.15) is 0 Å². The maximum absolute atomic E-state index is 11.7. The molecular formula is C20H17Cl2NO. The van der Waals surface area contributed by atoms with E-state index in [1.54, 1.807) is 6.92 Å². The Labute approximate surface area is 151 Å². The van der Waals surface area contributed by atoms with Gasteiger partial charge in [0.25, 0.3) is 0 Å². The molecule has 0 amide bonds. The summed E-state index contributed by atoms with van der Waals surface area (Å²) < 4.78 is 0. The number of benzene rings is 2. The molecule has 0 saturated heterocycles. The fourth-order valence-electron chi connectivity index (χ4n) is 3.85.